The predicted molar refractivity (Wildman–Crippen MR) is 149 cm³/mol. The Morgan fingerprint density at radius 3 is 2.03 bits per heavy atom. The van der Waals surface area contributed by atoms with E-state index >= 15 is 0 Å². The first-order valence-corrected chi connectivity index (χ1v) is 13.0. The van der Waals surface area contributed by atoms with E-state index in [0.717, 1.165) is 11.1 Å². The van der Waals surface area contributed by atoms with E-state index in [4.69, 9.17) is 34.8 Å². The van der Waals surface area contributed by atoms with Crippen molar-refractivity contribution in [1.29, 1.82) is 0 Å². The van der Waals surface area contributed by atoms with Crippen molar-refractivity contribution in [3.05, 3.63) is 105 Å². The number of nitrogens with zero attached hydrogens (tertiary/aromatic N) is 1. The maximum absolute atomic E-state index is 13.8. The van der Waals surface area contributed by atoms with Crippen LogP contribution in [0.3, 0.4) is 0 Å². The summed E-state index contributed by atoms with van der Waals surface area (Å²) >= 11 is 19.3. The van der Waals surface area contributed by atoms with Crippen LogP contribution in [0.5, 0.6) is 0 Å². The van der Waals surface area contributed by atoms with Crippen molar-refractivity contribution in [3.8, 4) is 0 Å². The number of aryl methyl sites for hydroxylation is 1. The highest BCUT2D eigenvalue weighted by Crippen LogP contribution is 2.28. The van der Waals surface area contributed by atoms with Crippen molar-refractivity contribution in [2.45, 2.75) is 58.2 Å². The molecule has 2 amide bonds. The molecule has 190 valence electrons. The standard InChI is InChI=1S/C29H31Cl3N2O2/c1-29(2,3)33-28(36)26(18-20-10-5-4-6-11-20)34(19-22-24(31)14-9-15-25(22)32)27(35)17-16-21-12-7-8-13-23(21)30/h4-15,26H,16-19H2,1-3H3,(H,33,36). The van der Waals surface area contributed by atoms with Gasteiger partial charge in [0.15, 0.2) is 0 Å². The van der Waals surface area contributed by atoms with Crippen LogP contribution >= 0.6 is 34.8 Å². The molecule has 0 aromatic heterocycles. The third-order valence-electron chi connectivity index (χ3n) is 5.73. The molecule has 3 aromatic rings. The number of hydrogen-bond donors (Lipinski definition) is 1. The number of rotatable bonds is 9. The van der Waals surface area contributed by atoms with Gasteiger partial charge < -0.3 is 10.2 Å². The Morgan fingerprint density at radius 1 is 0.833 bits per heavy atom. The highest BCUT2D eigenvalue weighted by molar-refractivity contribution is 6.36. The molecule has 0 bridgehead atoms. The molecule has 1 unspecified atom stereocenters. The summed E-state index contributed by atoms with van der Waals surface area (Å²) in [5.74, 6) is -0.420. The summed E-state index contributed by atoms with van der Waals surface area (Å²) in [7, 11) is 0. The van der Waals surface area contributed by atoms with Crippen molar-refractivity contribution < 1.29 is 9.59 Å². The molecule has 36 heavy (non-hydrogen) atoms. The molecule has 0 fully saturated rings. The summed E-state index contributed by atoms with van der Waals surface area (Å²) in [6.45, 7) is 5.85. The zero-order valence-electron chi connectivity index (χ0n) is 20.7. The number of benzene rings is 3. The van der Waals surface area contributed by atoms with Crippen LogP contribution in [0.25, 0.3) is 0 Å². The Kier molecular flexibility index (Phi) is 9.84. The second-order valence-corrected chi connectivity index (χ2v) is 11.0. The summed E-state index contributed by atoms with van der Waals surface area (Å²) in [6, 6.07) is 21.6. The Balaban J connectivity index is 1.99. The van der Waals surface area contributed by atoms with Gasteiger partial charge in [-0.15, -0.1) is 0 Å². The maximum Gasteiger partial charge on any atom is 0.243 e. The first-order chi connectivity index (χ1) is 17.0. The fourth-order valence-electron chi connectivity index (χ4n) is 3.95. The highest BCUT2D eigenvalue weighted by atomic mass is 35.5. The van der Waals surface area contributed by atoms with Gasteiger partial charge >= 0.3 is 0 Å². The van der Waals surface area contributed by atoms with Crippen LogP contribution in [0.4, 0.5) is 0 Å². The summed E-state index contributed by atoms with van der Waals surface area (Å²) in [6.07, 6.45) is 0.979. The van der Waals surface area contributed by atoms with E-state index in [1.807, 2.05) is 69.3 Å². The minimum atomic E-state index is -0.766. The number of carbonyl (C=O) groups is 2. The average molecular weight is 546 g/mol. The summed E-state index contributed by atoms with van der Waals surface area (Å²) in [4.78, 5) is 29.0. The third kappa shape index (κ3) is 7.99. The predicted octanol–water partition coefficient (Wildman–Crippen LogP) is 7.13. The van der Waals surface area contributed by atoms with Gasteiger partial charge in [0.1, 0.15) is 6.04 Å². The lowest BCUT2D eigenvalue weighted by atomic mass is 9.99. The van der Waals surface area contributed by atoms with Gasteiger partial charge in [0, 0.05) is 45.6 Å². The van der Waals surface area contributed by atoms with Gasteiger partial charge in [-0.2, -0.15) is 0 Å². The average Bonchev–Trinajstić information content (AvgIpc) is 2.82. The zero-order valence-corrected chi connectivity index (χ0v) is 23.0. The molecule has 7 heteroatoms. The van der Waals surface area contributed by atoms with E-state index in [1.54, 1.807) is 29.2 Å². The molecule has 1 N–H and O–H groups in total. The van der Waals surface area contributed by atoms with E-state index in [2.05, 4.69) is 5.32 Å². The molecule has 3 rings (SSSR count). The topological polar surface area (TPSA) is 49.4 Å². The number of carbonyl (C=O) groups excluding carboxylic acids is 2. The van der Waals surface area contributed by atoms with E-state index in [9.17, 15) is 9.59 Å². The molecule has 0 radical (unpaired) electrons. The molecule has 0 aliphatic carbocycles. The van der Waals surface area contributed by atoms with Crippen molar-refractivity contribution >= 4 is 46.6 Å². The number of nitrogens with one attached hydrogen (secondary N) is 1. The van der Waals surface area contributed by atoms with Gasteiger partial charge in [-0.25, -0.2) is 0 Å². The Bertz CT molecular complexity index is 1170. The van der Waals surface area contributed by atoms with Crippen LogP contribution in [0.2, 0.25) is 15.1 Å². The monoisotopic (exact) mass is 544 g/mol. The van der Waals surface area contributed by atoms with Gasteiger partial charge in [-0.1, -0.05) is 89.4 Å². The molecular weight excluding hydrogens is 515 g/mol. The van der Waals surface area contributed by atoms with Crippen LogP contribution in [0.15, 0.2) is 72.8 Å². The van der Waals surface area contributed by atoms with E-state index in [-0.39, 0.29) is 24.8 Å². The molecular formula is C29H31Cl3N2O2. The second-order valence-electron chi connectivity index (χ2n) is 9.76. The minimum absolute atomic E-state index is 0.106. The smallest absolute Gasteiger partial charge is 0.243 e. The van der Waals surface area contributed by atoms with Crippen molar-refractivity contribution in [1.82, 2.24) is 10.2 Å². The van der Waals surface area contributed by atoms with Crippen LogP contribution in [0.1, 0.15) is 43.9 Å². The summed E-state index contributed by atoms with van der Waals surface area (Å²) in [5.41, 5.74) is 1.96. The van der Waals surface area contributed by atoms with Crippen LogP contribution < -0.4 is 5.32 Å². The van der Waals surface area contributed by atoms with Gasteiger partial charge in [0.2, 0.25) is 11.8 Å². The molecule has 0 aliphatic heterocycles. The number of hydrogen-bond acceptors (Lipinski definition) is 2. The van der Waals surface area contributed by atoms with E-state index < -0.39 is 11.6 Å². The van der Waals surface area contributed by atoms with Crippen molar-refractivity contribution in [2.75, 3.05) is 0 Å². The lowest BCUT2D eigenvalue weighted by molar-refractivity contribution is -0.141. The van der Waals surface area contributed by atoms with Crippen LogP contribution in [-0.4, -0.2) is 28.3 Å². The number of halogens is 3. The molecule has 0 aliphatic rings. The SMILES string of the molecule is CC(C)(C)NC(=O)C(Cc1ccccc1)N(Cc1c(Cl)cccc1Cl)C(=O)CCc1ccccc1Cl. The van der Waals surface area contributed by atoms with Gasteiger partial charge in [0.05, 0.1) is 0 Å². The molecule has 0 heterocycles. The molecule has 0 saturated carbocycles. The molecule has 1 atom stereocenters. The number of amides is 2. The van der Waals surface area contributed by atoms with Crippen molar-refractivity contribution in [3.63, 3.8) is 0 Å². The normalized spacial score (nSPS) is 12.2. The molecule has 0 spiro atoms. The Hall–Kier alpha value is -2.53. The summed E-state index contributed by atoms with van der Waals surface area (Å²) < 4.78 is 0. The fourth-order valence-corrected chi connectivity index (χ4v) is 4.69. The molecule has 0 saturated heterocycles. The first kappa shape index (κ1) is 28.0. The lowest BCUT2D eigenvalue weighted by Crippen LogP contribution is -2.54. The molecule has 3 aromatic carbocycles. The lowest BCUT2D eigenvalue weighted by Gasteiger charge is -2.34. The second kappa shape index (κ2) is 12.6. The Morgan fingerprint density at radius 2 is 1.42 bits per heavy atom. The van der Waals surface area contributed by atoms with Crippen molar-refractivity contribution in [2.24, 2.45) is 0 Å². The minimum Gasteiger partial charge on any atom is -0.350 e. The largest absolute Gasteiger partial charge is 0.350 e. The van der Waals surface area contributed by atoms with Gasteiger partial charge in [-0.05, 0) is 56.5 Å². The fraction of sp³-hybridized carbons (Fsp3) is 0.310. The Labute approximate surface area is 228 Å². The van der Waals surface area contributed by atoms with E-state index in [1.165, 1.54) is 0 Å². The van der Waals surface area contributed by atoms with Crippen LogP contribution in [0, 0.1) is 0 Å². The quantitative estimate of drug-likeness (QED) is 0.311. The van der Waals surface area contributed by atoms with E-state index in [0.29, 0.717) is 33.5 Å². The maximum atomic E-state index is 13.8. The zero-order chi connectivity index (χ0) is 26.3. The summed E-state index contributed by atoms with van der Waals surface area (Å²) in [5, 5.41) is 4.55. The van der Waals surface area contributed by atoms with Gasteiger partial charge in [-0.3, -0.25) is 9.59 Å². The van der Waals surface area contributed by atoms with Gasteiger partial charge in [0.25, 0.3) is 0 Å². The third-order valence-corrected chi connectivity index (χ3v) is 6.80. The highest BCUT2D eigenvalue weighted by Gasteiger charge is 2.32. The van der Waals surface area contributed by atoms with Crippen LogP contribution in [-0.2, 0) is 29.0 Å². The molecule has 4 nitrogen and oxygen atoms in total. The first-order valence-electron chi connectivity index (χ1n) is 11.9.